The van der Waals surface area contributed by atoms with Crippen molar-refractivity contribution in [1.82, 2.24) is 0 Å². The molecule has 1 amide bonds. The monoisotopic (exact) mass is 368 g/mol. The highest BCUT2D eigenvalue weighted by Gasteiger charge is 2.11. The fourth-order valence-electron chi connectivity index (χ4n) is 2.23. The van der Waals surface area contributed by atoms with Crippen LogP contribution >= 0.6 is 11.6 Å². The number of nitrogens with one attached hydrogen (secondary N) is 1. The summed E-state index contributed by atoms with van der Waals surface area (Å²) in [6, 6.07) is 14.5. The van der Waals surface area contributed by atoms with Crippen molar-refractivity contribution in [2.75, 3.05) is 11.9 Å². The smallest absolute Gasteiger partial charge is 0.266 e. The van der Waals surface area contributed by atoms with Gasteiger partial charge in [0.1, 0.15) is 17.4 Å². The molecular formula is C21H21ClN2O2. The summed E-state index contributed by atoms with van der Waals surface area (Å²) >= 11 is 5.96. The van der Waals surface area contributed by atoms with E-state index in [2.05, 4.69) is 12.2 Å². The number of halogens is 1. The molecule has 0 fully saturated rings. The molecule has 26 heavy (non-hydrogen) atoms. The first-order valence-electron chi connectivity index (χ1n) is 8.45. The fraction of sp³-hybridized carbons (Fsp3) is 0.238. The minimum atomic E-state index is -0.471. The van der Waals surface area contributed by atoms with Gasteiger partial charge in [-0.05, 0) is 54.8 Å². The molecule has 4 nitrogen and oxygen atoms in total. The molecule has 0 heterocycles. The number of carbonyl (C=O) groups is 1. The summed E-state index contributed by atoms with van der Waals surface area (Å²) in [6.07, 6.45) is 3.63. The van der Waals surface area contributed by atoms with Gasteiger partial charge in [-0.1, -0.05) is 43.1 Å². The van der Waals surface area contributed by atoms with Crippen LogP contribution in [0.5, 0.6) is 5.75 Å². The minimum Gasteiger partial charge on any atom is -0.494 e. The van der Waals surface area contributed by atoms with Crippen molar-refractivity contribution < 1.29 is 9.53 Å². The molecule has 0 atom stereocenters. The van der Waals surface area contributed by atoms with Gasteiger partial charge in [0.05, 0.1) is 6.61 Å². The minimum absolute atomic E-state index is 0.0176. The number of rotatable bonds is 7. The summed E-state index contributed by atoms with van der Waals surface area (Å²) in [6.45, 7) is 4.64. The Hall–Kier alpha value is -2.77. The second kappa shape index (κ2) is 9.65. The summed E-state index contributed by atoms with van der Waals surface area (Å²) in [7, 11) is 0. The van der Waals surface area contributed by atoms with Crippen LogP contribution in [-0.4, -0.2) is 12.5 Å². The third kappa shape index (κ3) is 5.65. The molecule has 0 aliphatic carbocycles. The molecule has 0 aromatic heterocycles. The molecule has 5 heteroatoms. The predicted octanol–water partition coefficient (Wildman–Crippen LogP) is 5.37. The topological polar surface area (TPSA) is 62.1 Å². The maximum Gasteiger partial charge on any atom is 0.266 e. The van der Waals surface area contributed by atoms with Crippen molar-refractivity contribution >= 4 is 29.3 Å². The summed E-state index contributed by atoms with van der Waals surface area (Å²) in [5, 5.41) is 12.6. The molecule has 0 saturated carbocycles. The van der Waals surface area contributed by atoms with E-state index >= 15 is 0 Å². The number of benzene rings is 2. The third-order valence-electron chi connectivity index (χ3n) is 3.77. The number of anilines is 1. The third-order valence-corrected chi connectivity index (χ3v) is 4.01. The molecule has 2 aromatic rings. The van der Waals surface area contributed by atoms with Gasteiger partial charge < -0.3 is 10.1 Å². The Morgan fingerprint density at radius 3 is 2.65 bits per heavy atom. The van der Waals surface area contributed by atoms with E-state index in [-0.39, 0.29) is 5.57 Å². The van der Waals surface area contributed by atoms with Crippen molar-refractivity contribution in [1.29, 1.82) is 5.26 Å². The standard InChI is InChI=1S/C21H21ClN2O2/c1-3-4-11-26-19-9-6-16(7-10-19)12-17(14-23)21(25)24-20-13-18(22)8-5-15(20)2/h5-10,12-13H,3-4,11H2,1-2H3,(H,24,25)/b17-12+. The van der Waals surface area contributed by atoms with Crippen LogP contribution in [0.1, 0.15) is 30.9 Å². The lowest BCUT2D eigenvalue weighted by Crippen LogP contribution is -2.14. The summed E-state index contributed by atoms with van der Waals surface area (Å²) in [4.78, 5) is 12.4. The van der Waals surface area contributed by atoms with E-state index in [1.165, 1.54) is 0 Å². The van der Waals surface area contributed by atoms with E-state index in [0.717, 1.165) is 29.7 Å². The molecular weight excluding hydrogens is 348 g/mol. The molecule has 0 unspecified atom stereocenters. The number of aryl methyl sites for hydroxylation is 1. The van der Waals surface area contributed by atoms with Crippen LogP contribution in [0.4, 0.5) is 5.69 Å². The van der Waals surface area contributed by atoms with Gasteiger partial charge in [-0.15, -0.1) is 0 Å². The quantitative estimate of drug-likeness (QED) is 0.405. The van der Waals surface area contributed by atoms with E-state index in [4.69, 9.17) is 16.3 Å². The lowest BCUT2D eigenvalue weighted by Gasteiger charge is -2.08. The Morgan fingerprint density at radius 2 is 2.00 bits per heavy atom. The van der Waals surface area contributed by atoms with Crippen molar-refractivity contribution in [2.24, 2.45) is 0 Å². The number of nitrogens with zero attached hydrogens (tertiary/aromatic N) is 1. The zero-order valence-electron chi connectivity index (χ0n) is 14.9. The summed E-state index contributed by atoms with van der Waals surface area (Å²) in [5.74, 6) is 0.300. The van der Waals surface area contributed by atoms with Gasteiger partial charge in [0.25, 0.3) is 5.91 Å². The van der Waals surface area contributed by atoms with Gasteiger partial charge in [0.2, 0.25) is 0 Å². The molecule has 2 aromatic carbocycles. The highest BCUT2D eigenvalue weighted by molar-refractivity contribution is 6.31. The number of ether oxygens (including phenoxy) is 1. The Kier molecular flexibility index (Phi) is 7.25. The number of amides is 1. The van der Waals surface area contributed by atoms with E-state index in [1.807, 2.05) is 43.3 Å². The molecule has 0 radical (unpaired) electrons. The second-order valence-electron chi connectivity index (χ2n) is 5.85. The van der Waals surface area contributed by atoms with E-state index in [0.29, 0.717) is 17.3 Å². The van der Waals surface area contributed by atoms with Gasteiger partial charge in [0.15, 0.2) is 0 Å². The molecule has 0 bridgehead atoms. The molecule has 134 valence electrons. The Morgan fingerprint density at radius 1 is 1.27 bits per heavy atom. The maximum absolute atomic E-state index is 12.4. The van der Waals surface area contributed by atoms with Gasteiger partial charge >= 0.3 is 0 Å². The molecule has 0 saturated heterocycles. The van der Waals surface area contributed by atoms with Crippen LogP contribution in [0.2, 0.25) is 5.02 Å². The molecule has 0 aliphatic heterocycles. The average Bonchev–Trinajstić information content (AvgIpc) is 2.64. The van der Waals surface area contributed by atoms with Gasteiger partial charge in [-0.3, -0.25) is 4.79 Å². The number of carbonyl (C=O) groups excluding carboxylic acids is 1. The first-order valence-corrected chi connectivity index (χ1v) is 8.83. The Labute approximate surface area is 159 Å². The normalized spacial score (nSPS) is 10.9. The number of hydrogen-bond donors (Lipinski definition) is 1. The van der Waals surface area contributed by atoms with E-state index in [1.54, 1.807) is 18.2 Å². The number of nitriles is 1. The van der Waals surface area contributed by atoms with Crippen LogP contribution in [-0.2, 0) is 4.79 Å². The second-order valence-corrected chi connectivity index (χ2v) is 6.29. The number of unbranched alkanes of at least 4 members (excludes halogenated alkanes) is 1. The van der Waals surface area contributed by atoms with Crippen LogP contribution < -0.4 is 10.1 Å². The van der Waals surface area contributed by atoms with Gasteiger partial charge in [-0.2, -0.15) is 5.26 Å². The van der Waals surface area contributed by atoms with Crippen LogP contribution in [0.3, 0.4) is 0 Å². The van der Waals surface area contributed by atoms with Crippen molar-refractivity contribution in [3.05, 3.63) is 64.2 Å². The lowest BCUT2D eigenvalue weighted by atomic mass is 10.1. The first kappa shape index (κ1) is 19.6. The Balaban J connectivity index is 2.10. The van der Waals surface area contributed by atoms with Crippen LogP contribution in [0.15, 0.2) is 48.0 Å². The lowest BCUT2D eigenvalue weighted by molar-refractivity contribution is -0.112. The van der Waals surface area contributed by atoms with Crippen molar-refractivity contribution in [3.8, 4) is 11.8 Å². The van der Waals surface area contributed by atoms with Crippen molar-refractivity contribution in [3.63, 3.8) is 0 Å². The van der Waals surface area contributed by atoms with Gasteiger partial charge in [0, 0.05) is 10.7 Å². The van der Waals surface area contributed by atoms with E-state index < -0.39 is 5.91 Å². The highest BCUT2D eigenvalue weighted by atomic mass is 35.5. The zero-order chi connectivity index (χ0) is 18.9. The average molecular weight is 369 g/mol. The predicted molar refractivity (Wildman–Crippen MR) is 105 cm³/mol. The van der Waals surface area contributed by atoms with Crippen LogP contribution in [0.25, 0.3) is 6.08 Å². The first-order chi connectivity index (χ1) is 12.5. The maximum atomic E-state index is 12.4. The Bertz CT molecular complexity index is 836. The molecule has 0 aliphatic rings. The van der Waals surface area contributed by atoms with Crippen molar-refractivity contribution in [2.45, 2.75) is 26.7 Å². The largest absolute Gasteiger partial charge is 0.494 e. The molecule has 0 spiro atoms. The summed E-state index contributed by atoms with van der Waals surface area (Å²) in [5.41, 5.74) is 2.23. The van der Waals surface area contributed by atoms with Gasteiger partial charge in [-0.25, -0.2) is 0 Å². The SMILES string of the molecule is CCCCOc1ccc(/C=C(\C#N)C(=O)Nc2cc(Cl)ccc2C)cc1. The summed E-state index contributed by atoms with van der Waals surface area (Å²) < 4.78 is 5.61. The highest BCUT2D eigenvalue weighted by Crippen LogP contribution is 2.21. The fourth-order valence-corrected chi connectivity index (χ4v) is 2.40. The number of hydrogen-bond acceptors (Lipinski definition) is 3. The molecule has 1 N–H and O–H groups in total. The van der Waals surface area contributed by atoms with Crippen LogP contribution in [0, 0.1) is 18.3 Å². The van der Waals surface area contributed by atoms with E-state index in [9.17, 15) is 10.1 Å². The zero-order valence-corrected chi connectivity index (χ0v) is 15.6. The molecule has 2 rings (SSSR count).